The van der Waals surface area contributed by atoms with Gasteiger partial charge < -0.3 is 14.5 Å². The highest BCUT2D eigenvalue weighted by Gasteiger charge is 2.32. The average molecular weight is 448 g/mol. The summed E-state index contributed by atoms with van der Waals surface area (Å²) in [6.45, 7) is 11.6. The van der Waals surface area contributed by atoms with Gasteiger partial charge in [0.15, 0.2) is 5.65 Å². The summed E-state index contributed by atoms with van der Waals surface area (Å²) in [6, 6.07) is 5.65. The van der Waals surface area contributed by atoms with Crippen LogP contribution >= 0.6 is 0 Å². The normalized spacial score (nSPS) is 16.7. The maximum atomic E-state index is 12.6. The van der Waals surface area contributed by atoms with Crippen LogP contribution in [0.2, 0.25) is 0 Å². The first-order valence-corrected chi connectivity index (χ1v) is 11.2. The molecule has 4 rings (SSSR count). The van der Waals surface area contributed by atoms with E-state index in [4.69, 9.17) is 4.74 Å². The van der Waals surface area contributed by atoms with Gasteiger partial charge in [0.25, 0.3) is 0 Å². The van der Waals surface area contributed by atoms with Crippen LogP contribution < -0.4 is 4.90 Å². The predicted molar refractivity (Wildman–Crippen MR) is 125 cm³/mol. The van der Waals surface area contributed by atoms with Crippen molar-refractivity contribution in [2.75, 3.05) is 24.5 Å². The molecule has 0 spiro atoms. The van der Waals surface area contributed by atoms with Crippen LogP contribution in [0, 0.1) is 11.3 Å². The second kappa shape index (κ2) is 8.70. The third-order valence-corrected chi connectivity index (χ3v) is 5.70. The highest BCUT2D eigenvalue weighted by Crippen LogP contribution is 2.32. The van der Waals surface area contributed by atoms with Gasteiger partial charge in [0.05, 0.1) is 17.0 Å². The monoisotopic (exact) mass is 447 g/mol. The van der Waals surface area contributed by atoms with Crippen LogP contribution in [0.3, 0.4) is 0 Å². The van der Waals surface area contributed by atoms with Crippen molar-refractivity contribution in [3.05, 3.63) is 42.0 Å². The van der Waals surface area contributed by atoms with Crippen LogP contribution in [0.5, 0.6) is 0 Å². The molecular weight excluding hydrogens is 418 g/mol. The lowest BCUT2D eigenvalue weighted by molar-refractivity contribution is 0.0218. The molecule has 0 aliphatic carbocycles. The quantitative estimate of drug-likeness (QED) is 0.603. The highest BCUT2D eigenvalue weighted by atomic mass is 16.6. The molecule has 3 aromatic heterocycles. The van der Waals surface area contributed by atoms with Gasteiger partial charge in [-0.25, -0.2) is 19.7 Å². The zero-order valence-electron chi connectivity index (χ0n) is 19.7. The van der Waals surface area contributed by atoms with Crippen LogP contribution in [-0.2, 0) is 11.2 Å². The van der Waals surface area contributed by atoms with E-state index in [-0.39, 0.29) is 12.1 Å². The maximum absolute atomic E-state index is 12.6. The summed E-state index contributed by atoms with van der Waals surface area (Å²) in [5.41, 5.74) is 1.88. The van der Waals surface area contributed by atoms with Gasteiger partial charge in [-0.05, 0) is 51.8 Å². The summed E-state index contributed by atoms with van der Waals surface area (Å²) >= 11 is 0. The van der Waals surface area contributed by atoms with E-state index in [1.54, 1.807) is 29.6 Å². The Bertz CT molecular complexity index is 1220. The molecule has 4 heterocycles. The Labute approximate surface area is 193 Å². The van der Waals surface area contributed by atoms with E-state index in [1.165, 1.54) is 0 Å². The first-order valence-electron chi connectivity index (χ1n) is 11.2. The number of hydrogen-bond acceptors (Lipinski definition) is 7. The van der Waals surface area contributed by atoms with Crippen molar-refractivity contribution in [3.63, 3.8) is 0 Å². The molecule has 1 saturated heterocycles. The lowest BCUT2D eigenvalue weighted by Gasteiger charge is -2.41. The van der Waals surface area contributed by atoms with E-state index in [0.29, 0.717) is 31.0 Å². The Balaban J connectivity index is 1.69. The second-order valence-corrected chi connectivity index (χ2v) is 9.26. The van der Waals surface area contributed by atoms with Gasteiger partial charge in [0.2, 0.25) is 0 Å². The third-order valence-electron chi connectivity index (χ3n) is 5.70. The molecule has 9 nitrogen and oxygen atoms in total. The number of anilines is 1. The number of nitrogens with zero attached hydrogens (tertiary/aromatic N) is 7. The van der Waals surface area contributed by atoms with E-state index in [9.17, 15) is 10.1 Å². The fraction of sp³-hybridized carbons (Fsp3) is 0.458. The molecule has 1 aliphatic heterocycles. The zero-order chi connectivity index (χ0) is 23.8. The Morgan fingerprint density at radius 1 is 1.27 bits per heavy atom. The fourth-order valence-corrected chi connectivity index (χ4v) is 4.16. The molecule has 0 radical (unpaired) electrons. The number of pyridine rings is 1. The van der Waals surface area contributed by atoms with Crippen molar-refractivity contribution in [3.8, 4) is 11.9 Å². The van der Waals surface area contributed by atoms with Gasteiger partial charge >= 0.3 is 6.09 Å². The molecule has 1 aliphatic rings. The minimum Gasteiger partial charge on any atom is -0.444 e. The summed E-state index contributed by atoms with van der Waals surface area (Å²) in [5, 5.41) is 10.3. The molecule has 1 fully saturated rings. The van der Waals surface area contributed by atoms with Gasteiger partial charge in [-0.2, -0.15) is 5.26 Å². The van der Waals surface area contributed by atoms with Crippen molar-refractivity contribution >= 4 is 22.9 Å². The molecule has 33 heavy (non-hydrogen) atoms. The molecular formula is C24H29N7O2. The number of aryl methyl sites for hydroxylation is 1. The molecule has 9 heteroatoms. The summed E-state index contributed by atoms with van der Waals surface area (Å²) in [5.74, 6) is 1.49. The van der Waals surface area contributed by atoms with Gasteiger partial charge in [0, 0.05) is 38.1 Å². The molecule has 3 aromatic rings. The Kier molecular flexibility index (Phi) is 5.93. The number of piperazine rings is 1. The number of carbonyl (C=O) groups excluding carboxylic acids is 1. The summed E-state index contributed by atoms with van der Waals surface area (Å²) in [6.07, 6.45) is 5.73. The highest BCUT2D eigenvalue weighted by molar-refractivity contribution is 5.92. The van der Waals surface area contributed by atoms with Crippen molar-refractivity contribution < 1.29 is 9.53 Å². The molecule has 1 amide bonds. The number of rotatable bonds is 3. The first-order chi connectivity index (χ1) is 15.7. The maximum Gasteiger partial charge on any atom is 0.410 e. The standard InChI is InChI=1S/C24H29N7O2/c1-6-18-14-31(19-11-17(12-25)7-8-26-19)22-20(18)21(27-15-28-22)30-10-9-29(13-16(30)2)23(32)33-24(3,4)5/h7-8,11,14-16H,6,9-10,13H2,1-5H3/t16-/m0/s1. The fourth-order valence-electron chi connectivity index (χ4n) is 4.16. The molecule has 0 saturated carbocycles. The summed E-state index contributed by atoms with van der Waals surface area (Å²) in [4.78, 5) is 30.2. The largest absolute Gasteiger partial charge is 0.444 e. The lowest BCUT2D eigenvalue weighted by Crippen LogP contribution is -2.54. The molecule has 1 atom stereocenters. The van der Waals surface area contributed by atoms with E-state index < -0.39 is 5.60 Å². The number of amides is 1. The molecule has 0 unspecified atom stereocenters. The van der Waals surface area contributed by atoms with Crippen molar-refractivity contribution in [1.29, 1.82) is 5.26 Å². The predicted octanol–water partition coefficient (Wildman–Crippen LogP) is 3.70. The first kappa shape index (κ1) is 22.5. The third kappa shape index (κ3) is 4.46. The number of nitriles is 1. The molecule has 0 aromatic carbocycles. The lowest BCUT2D eigenvalue weighted by atomic mass is 10.1. The van der Waals surface area contributed by atoms with E-state index in [2.05, 4.69) is 39.8 Å². The van der Waals surface area contributed by atoms with Gasteiger partial charge in [-0.3, -0.25) is 4.57 Å². The van der Waals surface area contributed by atoms with Crippen molar-refractivity contribution in [2.45, 2.75) is 52.7 Å². The van der Waals surface area contributed by atoms with Crippen molar-refractivity contribution in [1.82, 2.24) is 24.4 Å². The van der Waals surface area contributed by atoms with Gasteiger partial charge in [-0.1, -0.05) is 6.92 Å². The Morgan fingerprint density at radius 2 is 2.06 bits per heavy atom. The van der Waals surface area contributed by atoms with Crippen LogP contribution in [0.4, 0.5) is 10.6 Å². The average Bonchev–Trinajstić information content (AvgIpc) is 3.17. The molecule has 172 valence electrons. The van der Waals surface area contributed by atoms with Gasteiger partial charge in [0.1, 0.15) is 23.6 Å². The van der Waals surface area contributed by atoms with Gasteiger partial charge in [-0.15, -0.1) is 0 Å². The van der Waals surface area contributed by atoms with Crippen LogP contribution in [-0.4, -0.2) is 61.8 Å². The second-order valence-electron chi connectivity index (χ2n) is 9.26. The SMILES string of the molecule is CCc1cn(-c2cc(C#N)ccn2)c2ncnc(N3CCN(C(=O)OC(C)(C)C)C[C@@H]3C)c12. The van der Waals surface area contributed by atoms with E-state index >= 15 is 0 Å². The summed E-state index contributed by atoms with van der Waals surface area (Å²) in [7, 11) is 0. The topological polar surface area (TPSA) is 100 Å². The van der Waals surface area contributed by atoms with Crippen LogP contribution in [0.1, 0.15) is 45.7 Å². The minimum atomic E-state index is -0.522. The number of ether oxygens (including phenoxy) is 1. The van der Waals surface area contributed by atoms with E-state index in [1.807, 2.05) is 31.5 Å². The smallest absolute Gasteiger partial charge is 0.410 e. The number of fused-ring (bicyclic) bond motifs is 1. The molecule has 0 N–H and O–H groups in total. The number of hydrogen-bond donors (Lipinski definition) is 0. The zero-order valence-corrected chi connectivity index (χ0v) is 19.7. The Morgan fingerprint density at radius 3 is 2.73 bits per heavy atom. The van der Waals surface area contributed by atoms with E-state index in [0.717, 1.165) is 28.8 Å². The number of carbonyl (C=O) groups is 1. The van der Waals surface area contributed by atoms with Crippen LogP contribution in [0.15, 0.2) is 30.9 Å². The summed E-state index contributed by atoms with van der Waals surface area (Å²) < 4.78 is 7.47. The number of aromatic nitrogens is 4. The van der Waals surface area contributed by atoms with Crippen LogP contribution in [0.25, 0.3) is 16.9 Å². The minimum absolute atomic E-state index is 0.0532. The Hall–Kier alpha value is -3.67. The van der Waals surface area contributed by atoms with Crippen molar-refractivity contribution in [2.24, 2.45) is 0 Å². The molecule has 0 bridgehead atoms.